The molecule has 0 fully saturated rings. The number of alkyl halides is 3. The quantitative estimate of drug-likeness (QED) is 0.569. The highest BCUT2D eigenvalue weighted by molar-refractivity contribution is 5.79. The van der Waals surface area contributed by atoms with Crippen molar-refractivity contribution in [2.45, 2.75) is 25.7 Å². The van der Waals surface area contributed by atoms with Crippen LogP contribution >= 0.6 is 0 Å². The number of methoxy groups -OCH3 is 1. The Morgan fingerprint density at radius 3 is 2.54 bits per heavy atom. The number of rotatable bonds is 6. The number of hydrogen-bond donors (Lipinski definition) is 0. The van der Waals surface area contributed by atoms with Gasteiger partial charge in [0.2, 0.25) is 5.82 Å². The molecule has 1 atom stereocenters. The van der Waals surface area contributed by atoms with E-state index in [2.05, 4.69) is 14.7 Å². The lowest BCUT2D eigenvalue weighted by Gasteiger charge is -2.22. The van der Waals surface area contributed by atoms with Gasteiger partial charge in [-0.15, -0.1) is 0 Å². The number of halogens is 4. The van der Waals surface area contributed by atoms with E-state index in [1.807, 2.05) is 0 Å². The highest BCUT2D eigenvalue weighted by Gasteiger charge is 2.38. The zero-order valence-electron chi connectivity index (χ0n) is 14.0. The molecule has 0 aliphatic carbocycles. The van der Waals surface area contributed by atoms with Gasteiger partial charge in [-0.05, 0) is 24.6 Å². The maximum Gasteiger partial charge on any atom is 0.471 e. The SMILES string of the molecule is COC(C)C(=O)N(Cc1ccc(-c2noc(C(F)(F)F)n2)c(F)c1)OC. The molecule has 142 valence electrons. The van der Waals surface area contributed by atoms with Crippen LogP contribution in [0.25, 0.3) is 11.4 Å². The lowest BCUT2D eigenvalue weighted by Crippen LogP contribution is -2.37. The van der Waals surface area contributed by atoms with E-state index in [-0.39, 0.29) is 12.1 Å². The van der Waals surface area contributed by atoms with Crippen molar-refractivity contribution in [3.63, 3.8) is 0 Å². The van der Waals surface area contributed by atoms with Crippen molar-refractivity contribution < 1.29 is 36.5 Å². The minimum absolute atomic E-state index is 0.0969. The van der Waals surface area contributed by atoms with Crippen LogP contribution < -0.4 is 0 Å². The second-order valence-corrected chi connectivity index (χ2v) is 5.17. The molecule has 0 radical (unpaired) electrons. The number of hydroxylamine groups is 2. The number of nitrogens with zero attached hydrogens (tertiary/aromatic N) is 3. The number of aromatic nitrogens is 2. The smallest absolute Gasteiger partial charge is 0.372 e. The van der Waals surface area contributed by atoms with Gasteiger partial charge >= 0.3 is 12.1 Å². The number of ether oxygens (including phenoxy) is 1. The molecule has 0 saturated heterocycles. The van der Waals surface area contributed by atoms with Gasteiger partial charge in [0.15, 0.2) is 0 Å². The van der Waals surface area contributed by atoms with Crippen LogP contribution in [-0.2, 0) is 27.1 Å². The Labute approximate surface area is 145 Å². The summed E-state index contributed by atoms with van der Waals surface area (Å²) in [5, 5.41) is 4.10. The lowest BCUT2D eigenvalue weighted by atomic mass is 10.1. The van der Waals surface area contributed by atoms with Gasteiger partial charge in [0.05, 0.1) is 19.2 Å². The van der Waals surface area contributed by atoms with E-state index in [0.29, 0.717) is 5.56 Å². The van der Waals surface area contributed by atoms with E-state index in [0.717, 1.165) is 11.1 Å². The van der Waals surface area contributed by atoms with Crippen molar-refractivity contribution in [1.82, 2.24) is 15.2 Å². The topological polar surface area (TPSA) is 77.7 Å². The Bertz CT molecular complexity index is 778. The first kappa shape index (κ1) is 19.8. The van der Waals surface area contributed by atoms with Crippen molar-refractivity contribution in [3.05, 3.63) is 35.5 Å². The first-order valence-corrected chi connectivity index (χ1v) is 7.25. The number of benzene rings is 1. The highest BCUT2D eigenvalue weighted by atomic mass is 19.4. The molecule has 0 aliphatic heterocycles. The maximum absolute atomic E-state index is 14.2. The summed E-state index contributed by atoms with van der Waals surface area (Å²) in [7, 11) is 2.62. The van der Waals surface area contributed by atoms with Gasteiger partial charge in [-0.3, -0.25) is 9.63 Å². The molecule has 1 aromatic heterocycles. The van der Waals surface area contributed by atoms with Crippen LogP contribution in [0.4, 0.5) is 17.6 Å². The standard InChI is InChI=1S/C15H15F4N3O4/c1-8(24-2)13(23)22(25-3)7-9-4-5-10(11(16)6-9)12-20-14(26-21-12)15(17,18)19/h4-6,8H,7H2,1-3H3. The third-order valence-electron chi connectivity index (χ3n) is 3.44. The monoisotopic (exact) mass is 377 g/mol. The second-order valence-electron chi connectivity index (χ2n) is 5.17. The Morgan fingerprint density at radius 1 is 1.35 bits per heavy atom. The predicted octanol–water partition coefficient (Wildman–Crippen LogP) is 2.82. The summed E-state index contributed by atoms with van der Waals surface area (Å²) < 4.78 is 60.7. The minimum Gasteiger partial charge on any atom is -0.372 e. The summed E-state index contributed by atoms with van der Waals surface area (Å²) in [6.07, 6.45) is -5.59. The van der Waals surface area contributed by atoms with E-state index in [1.165, 1.54) is 33.3 Å². The molecule has 1 amide bonds. The summed E-state index contributed by atoms with van der Waals surface area (Å²) in [5.74, 6) is -3.46. The van der Waals surface area contributed by atoms with Gasteiger partial charge in [0.1, 0.15) is 11.9 Å². The van der Waals surface area contributed by atoms with Gasteiger partial charge in [-0.2, -0.15) is 18.2 Å². The first-order chi connectivity index (χ1) is 12.2. The Kier molecular flexibility index (Phi) is 5.93. The molecule has 1 unspecified atom stereocenters. The fraction of sp³-hybridized carbons (Fsp3) is 0.400. The van der Waals surface area contributed by atoms with Crippen LogP contribution in [0.3, 0.4) is 0 Å². The lowest BCUT2D eigenvalue weighted by molar-refractivity contribution is -0.188. The molecule has 0 saturated carbocycles. The molecule has 0 N–H and O–H groups in total. The number of carbonyl (C=O) groups excluding carboxylic acids is 1. The summed E-state index contributed by atoms with van der Waals surface area (Å²) in [4.78, 5) is 20.1. The molecule has 26 heavy (non-hydrogen) atoms. The zero-order valence-corrected chi connectivity index (χ0v) is 14.0. The summed E-state index contributed by atoms with van der Waals surface area (Å²) in [5.41, 5.74) is 0.0674. The molecule has 7 nitrogen and oxygen atoms in total. The molecule has 0 bridgehead atoms. The van der Waals surface area contributed by atoms with Gasteiger partial charge in [-0.1, -0.05) is 11.2 Å². The Balaban J connectivity index is 2.21. The van der Waals surface area contributed by atoms with Gasteiger partial charge in [-0.25, -0.2) is 9.45 Å². The third kappa shape index (κ3) is 4.35. The predicted molar refractivity (Wildman–Crippen MR) is 78.7 cm³/mol. The van der Waals surface area contributed by atoms with Crippen LogP contribution in [0.1, 0.15) is 18.4 Å². The van der Waals surface area contributed by atoms with Crippen LogP contribution in [0, 0.1) is 5.82 Å². The van der Waals surface area contributed by atoms with E-state index < -0.39 is 35.7 Å². The van der Waals surface area contributed by atoms with Crippen molar-refractivity contribution in [2.75, 3.05) is 14.2 Å². The van der Waals surface area contributed by atoms with E-state index in [4.69, 9.17) is 9.57 Å². The Morgan fingerprint density at radius 2 is 2.04 bits per heavy atom. The van der Waals surface area contributed by atoms with Gasteiger partial charge in [0.25, 0.3) is 5.91 Å². The fourth-order valence-corrected chi connectivity index (χ4v) is 1.99. The van der Waals surface area contributed by atoms with Crippen molar-refractivity contribution >= 4 is 5.91 Å². The van der Waals surface area contributed by atoms with Crippen LogP contribution in [0.15, 0.2) is 22.7 Å². The zero-order chi connectivity index (χ0) is 19.5. The van der Waals surface area contributed by atoms with Crippen molar-refractivity contribution in [1.29, 1.82) is 0 Å². The molecular weight excluding hydrogens is 362 g/mol. The fourth-order valence-electron chi connectivity index (χ4n) is 1.99. The number of hydrogen-bond acceptors (Lipinski definition) is 6. The third-order valence-corrected chi connectivity index (χ3v) is 3.44. The van der Waals surface area contributed by atoms with Gasteiger partial charge < -0.3 is 9.26 Å². The van der Waals surface area contributed by atoms with Crippen molar-refractivity contribution in [2.24, 2.45) is 0 Å². The minimum atomic E-state index is -4.82. The molecule has 0 spiro atoms. The number of carbonyl (C=O) groups is 1. The summed E-state index contributed by atoms with van der Waals surface area (Å²) >= 11 is 0. The molecular formula is C15H15F4N3O4. The molecule has 2 aromatic rings. The summed E-state index contributed by atoms with van der Waals surface area (Å²) in [6, 6.07) is 3.63. The highest BCUT2D eigenvalue weighted by Crippen LogP contribution is 2.30. The van der Waals surface area contributed by atoms with Gasteiger partial charge in [0, 0.05) is 7.11 Å². The molecule has 0 aliphatic rings. The van der Waals surface area contributed by atoms with Crippen LogP contribution in [-0.4, -0.2) is 41.4 Å². The second kappa shape index (κ2) is 7.79. The average molecular weight is 377 g/mol. The molecule has 2 rings (SSSR count). The molecule has 1 heterocycles. The molecule has 11 heteroatoms. The average Bonchev–Trinajstić information content (AvgIpc) is 3.08. The normalized spacial score (nSPS) is 12.9. The van der Waals surface area contributed by atoms with E-state index >= 15 is 0 Å². The molecule has 1 aromatic carbocycles. The van der Waals surface area contributed by atoms with E-state index in [1.54, 1.807) is 0 Å². The Hall–Kier alpha value is -2.53. The van der Waals surface area contributed by atoms with Crippen LogP contribution in [0.2, 0.25) is 0 Å². The van der Waals surface area contributed by atoms with Crippen LogP contribution in [0.5, 0.6) is 0 Å². The first-order valence-electron chi connectivity index (χ1n) is 7.25. The number of amides is 1. The summed E-state index contributed by atoms with van der Waals surface area (Å²) in [6.45, 7) is 1.42. The van der Waals surface area contributed by atoms with E-state index in [9.17, 15) is 22.4 Å². The maximum atomic E-state index is 14.2. The van der Waals surface area contributed by atoms with Crippen molar-refractivity contribution in [3.8, 4) is 11.4 Å². The largest absolute Gasteiger partial charge is 0.471 e.